The second kappa shape index (κ2) is 3.53. The summed E-state index contributed by atoms with van der Waals surface area (Å²) in [7, 11) is 0. The van der Waals surface area contributed by atoms with E-state index in [1.807, 2.05) is 24.3 Å². The maximum atomic E-state index is 5.09. The van der Waals surface area contributed by atoms with Gasteiger partial charge in [-0.15, -0.1) is 0 Å². The Balaban J connectivity index is 3.01. The van der Waals surface area contributed by atoms with Crippen molar-refractivity contribution >= 4 is 15.9 Å². The fourth-order valence-electron chi connectivity index (χ4n) is 0.528. The molecular formula is C6H4BrOZr. The van der Waals surface area contributed by atoms with E-state index in [0.29, 0.717) is 0 Å². The quantitative estimate of drug-likeness (QED) is 0.755. The summed E-state index contributed by atoms with van der Waals surface area (Å²) in [6.07, 6.45) is 0. The van der Waals surface area contributed by atoms with Gasteiger partial charge in [0.15, 0.2) is 0 Å². The van der Waals surface area contributed by atoms with E-state index in [2.05, 4.69) is 15.9 Å². The van der Waals surface area contributed by atoms with Crippen molar-refractivity contribution in [2.75, 3.05) is 0 Å². The van der Waals surface area contributed by atoms with Gasteiger partial charge in [-0.1, -0.05) is 0 Å². The van der Waals surface area contributed by atoms with Gasteiger partial charge >= 0.3 is 78.4 Å². The normalized spacial score (nSPS) is 8.89. The fourth-order valence-corrected chi connectivity index (χ4v) is 1.70. The molecule has 1 aromatic rings. The average Bonchev–Trinajstić information content (AvgIpc) is 1.89. The van der Waals surface area contributed by atoms with Crippen molar-refractivity contribution in [3.63, 3.8) is 0 Å². The first-order valence-electron chi connectivity index (χ1n) is 2.42. The molecule has 0 aromatic heterocycles. The summed E-state index contributed by atoms with van der Waals surface area (Å²) in [5, 5.41) is 0. The summed E-state index contributed by atoms with van der Waals surface area (Å²) in [6, 6.07) is 7.80. The molecule has 1 aromatic carbocycles. The predicted molar refractivity (Wildman–Crippen MR) is 34.8 cm³/mol. The van der Waals surface area contributed by atoms with Gasteiger partial charge in [-0.25, -0.2) is 0 Å². The van der Waals surface area contributed by atoms with Crippen LogP contribution < -0.4 is 2.81 Å². The van der Waals surface area contributed by atoms with E-state index >= 15 is 0 Å². The third-order valence-corrected chi connectivity index (χ3v) is 2.14. The van der Waals surface area contributed by atoms with Crippen molar-refractivity contribution in [3.8, 4) is 5.75 Å². The fraction of sp³-hybridized carbons (Fsp3) is 0. The van der Waals surface area contributed by atoms with Crippen LogP contribution in [-0.2, 0) is 25.2 Å². The Bertz CT molecular complexity index is 202. The number of hydrogen-bond acceptors (Lipinski definition) is 1. The van der Waals surface area contributed by atoms with Crippen LogP contribution in [0.4, 0.5) is 0 Å². The zero-order valence-electron chi connectivity index (χ0n) is 4.60. The molecule has 1 nitrogen and oxygen atoms in total. The molecule has 3 heteroatoms. The molecule has 0 aliphatic rings. The van der Waals surface area contributed by atoms with Crippen molar-refractivity contribution in [1.82, 2.24) is 0 Å². The van der Waals surface area contributed by atoms with E-state index in [4.69, 9.17) is 2.81 Å². The van der Waals surface area contributed by atoms with Gasteiger partial charge in [0, 0.05) is 0 Å². The van der Waals surface area contributed by atoms with Crippen LogP contribution in [0.2, 0.25) is 0 Å². The molecule has 0 aliphatic carbocycles. The first-order chi connectivity index (χ1) is 4.34. The van der Waals surface area contributed by atoms with Crippen molar-refractivity contribution in [2.24, 2.45) is 0 Å². The topological polar surface area (TPSA) is 9.23 Å². The third-order valence-electron chi connectivity index (χ3n) is 0.947. The molecule has 0 radical (unpaired) electrons. The van der Waals surface area contributed by atoms with Crippen LogP contribution in [0.15, 0.2) is 28.7 Å². The Hall–Kier alpha value is 0.383. The van der Waals surface area contributed by atoms with Crippen LogP contribution in [0.25, 0.3) is 0 Å². The van der Waals surface area contributed by atoms with Crippen LogP contribution >= 0.6 is 15.9 Å². The molecule has 0 fully saturated rings. The minimum atomic E-state index is 0.913. The molecule has 0 saturated carbocycles. The average molecular weight is 263 g/mol. The number of para-hydroxylation sites is 1. The van der Waals surface area contributed by atoms with Crippen LogP contribution in [0.1, 0.15) is 0 Å². The molecule has 1 rings (SSSR count). The molecular weight excluding hydrogens is 259 g/mol. The van der Waals surface area contributed by atoms with Gasteiger partial charge in [-0.05, 0) is 0 Å². The molecule has 0 bridgehead atoms. The van der Waals surface area contributed by atoms with Crippen molar-refractivity contribution in [1.29, 1.82) is 0 Å². The Morgan fingerprint density at radius 3 is 2.44 bits per heavy atom. The van der Waals surface area contributed by atoms with E-state index in [1.165, 1.54) is 0 Å². The molecule has 0 heterocycles. The molecule has 0 unspecified atom stereocenters. The monoisotopic (exact) mass is 261 g/mol. The van der Waals surface area contributed by atoms with Gasteiger partial charge in [-0.2, -0.15) is 0 Å². The number of rotatable bonds is 1. The summed E-state index contributed by atoms with van der Waals surface area (Å²) in [5.41, 5.74) is 0. The standard InChI is InChI=1S/C6H5BrO.Zr/c7-5-3-1-2-4-6(5)8;/h1-4,8H;/q;+1/p-1. The van der Waals surface area contributed by atoms with Gasteiger partial charge in [0.25, 0.3) is 0 Å². The van der Waals surface area contributed by atoms with Crippen molar-refractivity contribution in [2.45, 2.75) is 0 Å². The van der Waals surface area contributed by atoms with Crippen LogP contribution in [0.3, 0.4) is 0 Å². The number of halogens is 1. The predicted octanol–water partition coefficient (Wildman–Crippen LogP) is 2.29. The van der Waals surface area contributed by atoms with Gasteiger partial charge in [0.2, 0.25) is 0 Å². The van der Waals surface area contributed by atoms with E-state index in [0.717, 1.165) is 35.4 Å². The summed E-state index contributed by atoms with van der Waals surface area (Å²) in [6.45, 7) is 0. The molecule has 0 atom stereocenters. The summed E-state index contributed by atoms with van der Waals surface area (Å²) < 4.78 is 6.10. The molecule has 0 saturated heterocycles. The van der Waals surface area contributed by atoms with Crippen molar-refractivity contribution in [3.05, 3.63) is 28.7 Å². The van der Waals surface area contributed by atoms with Crippen LogP contribution in [0, 0.1) is 0 Å². The Labute approximate surface area is 78.0 Å². The molecule has 9 heavy (non-hydrogen) atoms. The Kier molecular flexibility index (Phi) is 2.93. The second-order valence-corrected chi connectivity index (χ2v) is 2.89. The zero-order chi connectivity index (χ0) is 6.69. The van der Waals surface area contributed by atoms with Gasteiger partial charge in [0.1, 0.15) is 0 Å². The molecule has 0 amide bonds. The Morgan fingerprint density at radius 1 is 1.33 bits per heavy atom. The molecule has 0 spiro atoms. The third kappa shape index (κ3) is 1.91. The second-order valence-electron chi connectivity index (χ2n) is 1.53. The maximum absolute atomic E-state index is 5.09. The SMILES string of the molecule is Brc1ccccc1[O][Zr]. The zero-order valence-corrected chi connectivity index (χ0v) is 8.64. The van der Waals surface area contributed by atoms with Crippen LogP contribution in [0.5, 0.6) is 5.75 Å². The summed E-state index contributed by atoms with van der Waals surface area (Å²) in [4.78, 5) is 0. The first-order valence-corrected chi connectivity index (χ1v) is 4.22. The Morgan fingerprint density at radius 2 is 2.00 bits per heavy atom. The van der Waals surface area contributed by atoms with Gasteiger partial charge < -0.3 is 0 Å². The summed E-state index contributed by atoms with van der Waals surface area (Å²) >= 11 is 4.41. The van der Waals surface area contributed by atoms with E-state index in [1.54, 1.807) is 0 Å². The molecule has 45 valence electrons. The van der Waals surface area contributed by atoms with E-state index < -0.39 is 0 Å². The number of hydrogen-bond donors (Lipinski definition) is 0. The minimum absolute atomic E-state index is 0.913. The van der Waals surface area contributed by atoms with Gasteiger partial charge in [-0.3, -0.25) is 0 Å². The summed E-state index contributed by atoms with van der Waals surface area (Å²) in [5.74, 6) is 0.913. The molecule has 0 N–H and O–H groups in total. The van der Waals surface area contributed by atoms with E-state index in [9.17, 15) is 0 Å². The molecule has 0 aliphatic heterocycles. The first kappa shape index (κ1) is 7.49. The van der Waals surface area contributed by atoms with Gasteiger partial charge in [0.05, 0.1) is 0 Å². The van der Waals surface area contributed by atoms with Crippen LogP contribution in [-0.4, -0.2) is 0 Å². The number of benzene rings is 1. The van der Waals surface area contributed by atoms with Crippen molar-refractivity contribution < 1.29 is 28.0 Å². The van der Waals surface area contributed by atoms with E-state index in [-0.39, 0.29) is 0 Å².